The van der Waals surface area contributed by atoms with E-state index in [0.29, 0.717) is 6.54 Å². The molecule has 1 aliphatic rings. The zero-order chi connectivity index (χ0) is 15.5. The molecular formula is C16H24ClN3O. The number of hydrogen-bond acceptors (Lipinski definition) is 3. The number of carbonyl (C=O) groups excluding carboxylic acids is 1. The van der Waals surface area contributed by atoms with Gasteiger partial charge in [-0.25, -0.2) is 0 Å². The van der Waals surface area contributed by atoms with Crippen molar-refractivity contribution in [3.63, 3.8) is 0 Å². The average Bonchev–Trinajstić information content (AvgIpc) is 2.91. The topological polar surface area (TPSA) is 58.4 Å². The monoisotopic (exact) mass is 309 g/mol. The summed E-state index contributed by atoms with van der Waals surface area (Å²) >= 11 is 6.11. The maximum absolute atomic E-state index is 12.0. The van der Waals surface area contributed by atoms with Crippen molar-refractivity contribution in [2.45, 2.75) is 38.3 Å². The number of benzene rings is 1. The molecular weight excluding hydrogens is 286 g/mol. The Morgan fingerprint density at radius 3 is 2.67 bits per heavy atom. The van der Waals surface area contributed by atoms with E-state index in [2.05, 4.69) is 16.3 Å². The lowest BCUT2D eigenvalue weighted by molar-refractivity contribution is -0.125. The molecule has 2 rings (SSSR count). The molecule has 116 valence electrons. The highest BCUT2D eigenvalue weighted by molar-refractivity contribution is 6.30. The van der Waals surface area contributed by atoms with Crippen LogP contribution in [0.1, 0.15) is 38.3 Å². The van der Waals surface area contributed by atoms with E-state index >= 15 is 0 Å². The Hall–Kier alpha value is -1.10. The van der Waals surface area contributed by atoms with Crippen LogP contribution in [0.3, 0.4) is 0 Å². The maximum atomic E-state index is 12.0. The van der Waals surface area contributed by atoms with Crippen LogP contribution >= 0.6 is 11.6 Å². The molecule has 5 heteroatoms. The van der Waals surface area contributed by atoms with Gasteiger partial charge in [-0.15, -0.1) is 0 Å². The Labute approximate surface area is 131 Å². The molecule has 0 radical (unpaired) electrons. The van der Waals surface area contributed by atoms with Crippen molar-refractivity contribution in [2.75, 3.05) is 19.6 Å². The van der Waals surface area contributed by atoms with Crippen molar-refractivity contribution in [1.29, 1.82) is 0 Å². The second-order valence-corrected chi connectivity index (χ2v) is 6.68. The van der Waals surface area contributed by atoms with Gasteiger partial charge in [-0.3, -0.25) is 9.69 Å². The highest BCUT2D eigenvalue weighted by atomic mass is 35.5. The molecule has 0 aromatic heterocycles. The standard InChI is InChI=1S/C16H24ClN3O/c1-16(2,18)15(21)19-11-14(20-8-3-4-9-20)12-6-5-7-13(17)10-12/h5-7,10,14H,3-4,8-9,11,18H2,1-2H3,(H,19,21). The first kappa shape index (κ1) is 16.3. The summed E-state index contributed by atoms with van der Waals surface area (Å²) in [6.07, 6.45) is 2.40. The molecule has 1 fully saturated rings. The Balaban J connectivity index is 2.11. The molecule has 21 heavy (non-hydrogen) atoms. The fraction of sp³-hybridized carbons (Fsp3) is 0.562. The Morgan fingerprint density at radius 1 is 1.43 bits per heavy atom. The van der Waals surface area contributed by atoms with Gasteiger partial charge in [0.05, 0.1) is 11.6 Å². The van der Waals surface area contributed by atoms with Gasteiger partial charge in [-0.1, -0.05) is 23.7 Å². The molecule has 1 amide bonds. The van der Waals surface area contributed by atoms with Gasteiger partial charge >= 0.3 is 0 Å². The summed E-state index contributed by atoms with van der Waals surface area (Å²) in [7, 11) is 0. The second kappa shape index (κ2) is 6.77. The van der Waals surface area contributed by atoms with Crippen LogP contribution in [0.4, 0.5) is 0 Å². The normalized spacial score (nSPS) is 17.7. The fourth-order valence-corrected chi connectivity index (χ4v) is 2.84. The minimum absolute atomic E-state index is 0.131. The molecule has 1 aromatic rings. The molecule has 1 aromatic carbocycles. The quantitative estimate of drug-likeness (QED) is 0.877. The zero-order valence-electron chi connectivity index (χ0n) is 12.7. The number of nitrogens with one attached hydrogen (secondary N) is 1. The van der Waals surface area contributed by atoms with Crippen LogP contribution in [-0.4, -0.2) is 36.0 Å². The molecule has 4 nitrogen and oxygen atoms in total. The summed E-state index contributed by atoms with van der Waals surface area (Å²) in [5, 5.41) is 3.69. The number of hydrogen-bond donors (Lipinski definition) is 2. The fourth-order valence-electron chi connectivity index (χ4n) is 2.64. The Bertz CT molecular complexity index is 493. The zero-order valence-corrected chi connectivity index (χ0v) is 13.5. The SMILES string of the molecule is CC(C)(N)C(=O)NCC(c1cccc(Cl)c1)N1CCCC1. The van der Waals surface area contributed by atoms with Crippen LogP contribution in [0.15, 0.2) is 24.3 Å². The van der Waals surface area contributed by atoms with Crippen molar-refractivity contribution in [3.8, 4) is 0 Å². The van der Waals surface area contributed by atoms with E-state index in [1.807, 2.05) is 18.2 Å². The molecule has 1 atom stereocenters. The third kappa shape index (κ3) is 4.43. The smallest absolute Gasteiger partial charge is 0.239 e. The second-order valence-electron chi connectivity index (χ2n) is 6.25. The van der Waals surface area contributed by atoms with Gasteiger partial charge in [-0.05, 0) is 57.5 Å². The van der Waals surface area contributed by atoms with Gasteiger partial charge in [0.15, 0.2) is 0 Å². The van der Waals surface area contributed by atoms with Gasteiger partial charge in [-0.2, -0.15) is 0 Å². The number of halogens is 1. The molecule has 0 spiro atoms. The summed E-state index contributed by atoms with van der Waals surface area (Å²) in [6, 6.07) is 8.01. The molecule has 0 aliphatic carbocycles. The lowest BCUT2D eigenvalue weighted by Crippen LogP contribution is -2.50. The highest BCUT2D eigenvalue weighted by Crippen LogP contribution is 2.26. The van der Waals surface area contributed by atoms with E-state index in [4.69, 9.17) is 17.3 Å². The molecule has 1 unspecified atom stereocenters. The first-order valence-electron chi connectivity index (χ1n) is 7.44. The van der Waals surface area contributed by atoms with Gasteiger partial charge in [0.1, 0.15) is 0 Å². The van der Waals surface area contributed by atoms with E-state index in [9.17, 15) is 4.79 Å². The van der Waals surface area contributed by atoms with Crippen molar-refractivity contribution in [2.24, 2.45) is 5.73 Å². The number of nitrogens with zero attached hydrogens (tertiary/aromatic N) is 1. The average molecular weight is 310 g/mol. The molecule has 0 saturated carbocycles. The summed E-state index contributed by atoms with van der Waals surface area (Å²) in [5.41, 5.74) is 6.12. The van der Waals surface area contributed by atoms with Crippen LogP contribution in [0.2, 0.25) is 5.02 Å². The summed E-state index contributed by atoms with van der Waals surface area (Å²) < 4.78 is 0. The van der Waals surface area contributed by atoms with Crippen molar-refractivity contribution < 1.29 is 4.79 Å². The summed E-state index contributed by atoms with van der Waals surface area (Å²) in [5.74, 6) is -0.131. The largest absolute Gasteiger partial charge is 0.353 e. The van der Waals surface area contributed by atoms with E-state index < -0.39 is 5.54 Å². The first-order valence-corrected chi connectivity index (χ1v) is 7.82. The number of nitrogens with two attached hydrogens (primary N) is 1. The van der Waals surface area contributed by atoms with E-state index in [0.717, 1.165) is 23.7 Å². The molecule has 3 N–H and O–H groups in total. The van der Waals surface area contributed by atoms with Crippen LogP contribution < -0.4 is 11.1 Å². The number of likely N-dealkylation sites (tertiary alicyclic amines) is 1. The highest BCUT2D eigenvalue weighted by Gasteiger charge is 2.27. The minimum atomic E-state index is -0.857. The summed E-state index contributed by atoms with van der Waals surface area (Å²) in [4.78, 5) is 14.4. The van der Waals surface area contributed by atoms with Gasteiger partial charge in [0.2, 0.25) is 5.91 Å². The Kier molecular flexibility index (Phi) is 5.25. The van der Waals surface area contributed by atoms with E-state index in [1.165, 1.54) is 12.8 Å². The number of carbonyl (C=O) groups is 1. The predicted molar refractivity (Wildman–Crippen MR) is 86.3 cm³/mol. The van der Waals surface area contributed by atoms with E-state index in [-0.39, 0.29) is 11.9 Å². The third-order valence-electron chi connectivity index (χ3n) is 3.86. The van der Waals surface area contributed by atoms with Crippen molar-refractivity contribution in [3.05, 3.63) is 34.9 Å². The van der Waals surface area contributed by atoms with Gasteiger partial charge in [0, 0.05) is 11.6 Å². The van der Waals surface area contributed by atoms with Crippen LogP contribution in [0.25, 0.3) is 0 Å². The van der Waals surface area contributed by atoms with Crippen molar-refractivity contribution >= 4 is 17.5 Å². The minimum Gasteiger partial charge on any atom is -0.353 e. The van der Waals surface area contributed by atoms with Crippen LogP contribution in [0, 0.1) is 0 Å². The number of rotatable bonds is 5. The van der Waals surface area contributed by atoms with Gasteiger partial charge in [0.25, 0.3) is 0 Å². The van der Waals surface area contributed by atoms with Gasteiger partial charge < -0.3 is 11.1 Å². The first-order chi connectivity index (χ1) is 9.88. The van der Waals surface area contributed by atoms with Crippen molar-refractivity contribution in [1.82, 2.24) is 10.2 Å². The molecule has 1 aliphatic heterocycles. The lowest BCUT2D eigenvalue weighted by atomic mass is 10.0. The lowest BCUT2D eigenvalue weighted by Gasteiger charge is -2.29. The van der Waals surface area contributed by atoms with Crippen LogP contribution in [-0.2, 0) is 4.79 Å². The number of amides is 1. The molecule has 1 saturated heterocycles. The predicted octanol–water partition coefficient (Wildman–Crippen LogP) is 2.33. The maximum Gasteiger partial charge on any atom is 0.239 e. The molecule has 0 bridgehead atoms. The summed E-state index contributed by atoms with van der Waals surface area (Å²) in [6.45, 7) is 6.09. The molecule has 1 heterocycles. The third-order valence-corrected chi connectivity index (χ3v) is 4.09. The Morgan fingerprint density at radius 2 is 2.10 bits per heavy atom. The van der Waals surface area contributed by atoms with Crippen LogP contribution in [0.5, 0.6) is 0 Å². The van der Waals surface area contributed by atoms with E-state index in [1.54, 1.807) is 13.8 Å².